The van der Waals surface area contributed by atoms with Crippen LogP contribution in [0, 0.1) is 0 Å². The molecule has 1 aromatic rings. The molecule has 1 unspecified atom stereocenters. The van der Waals surface area contributed by atoms with Crippen molar-refractivity contribution in [2.45, 2.75) is 18.3 Å². The van der Waals surface area contributed by atoms with E-state index in [-0.39, 0.29) is 5.75 Å². The third kappa shape index (κ3) is 2.67. The van der Waals surface area contributed by atoms with Crippen LogP contribution in [0.1, 0.15) is 5.56 Å². The Kier molecular flexibility index (Phi) is 2.63. The van der Waals surface area contributed by atoms with E-state index in [0.717, 1.165) is 19.7 Å². The summed E-state index contributed by atoms with van der Waals surface area (Å²) in [5.41, 5.74) is -0.689. The van der Waals surface area contributed by atoms with Crippen LogP contribution < -0.4 is 4.74 Å². The number of benzene rings is 1. The number of hydrogen-bond donors (Lipinski definition) is 0. The first-order valence-corrected chi connectivity index (χ1v) is 4.86. The Balaban J connectivity index is 2.13. The Morgan fingerprint density at radius 2 is 2.00 bits per heavy atom. The minimum absolute atomic E-state index is 0.0584. The smallest absolute Gasteiger partial charge is 0.419 e. The van der Waals surface area contributed by atoms with Crippen LogP contribution in [0.5, 0.6) is 5.75 Å². The first kappa shape index (κ1) is 10.4. The number of ether oxygens (including phenoxy) is 1. The zero-order chi connectivity index (χ0) is 10.9. The molecule has 15 heavy (non-hydrogen) atoms. The van der Waals surface area contributed by atoms with Gasteiger partial charge in [-0.2, -0.15) is 13.2 Å². The summed E-state index contributed by atoms with van der Waals surface area (Å²) in [4.78, 5) is 0. The summed E-state index contributed by atoms with van der Waals surface area (Å²) in [6.45, 7) is 0.396. The molecule has 0 aromatic heterocycles. The summed E-state index contributed by atoms with van der Waals surface area (Å²) in [7, 11) is 1.06. The van der Waals surface area contributed by atoms with E-state index in [9.17, 15) is 13.2 Å². The fourth-order valence-electron chi connectivity index (χ4n) is 1.32. The number of para-hydroxylation sites is 1. The van der Waals surface area contributed by atoms with E-state index in [0.29, 0.717) is 12.4 Å². The minimum Gasteiger partial charge on any atom is -0.493 e. The lowest BCUT2D eigenvalue weighted by atomic mass is 10.0. The molecule has 80 valence electrons. The fraction of sp³-hybridized carbons (Fsp3) is 0.400. The summed E-state index contributed by atoms with van der Waals surface area (Å²) in [5, 5.41) is 0. The van der Waals surface area contributed by atoms with Gasteiger partial charge in [-0.1, -0.05) is 18.5 Å². The van der Waals surface area contributed by atoms with Gasteiger partial charge in [-0.25, -0.2) is 0 Å². The molecule has 1 fully saturated rings. The van der Waals surface area contributed by atoms with Crippen molar-refractivity contribution in [3.63, 3.8) is 0 Å². The molecule has 0 spiro atoms. The van der Waals surface area contributed by atoms with Crippen LogP contribution in [0.25, 0.3) is 0 Å². The van der Waals surface area contributed by atoms with Gasteiger partial charge in [0.1, 0.15) is 13.0 Å². The van der Waals surface area contributed by atoms with Crippen LogP contribution >= 0.6 is 0 Å². The average molecular weight is 214 g/mol. The van der Waals surface area contributed by atoms with Crippen molar-refractivity contribution < 1.29 is 17.9 Å². The van der Waals surface area contributed by atoms with Crippen LogP contribution in [0.2, 0.25) is 12.1 Å². The second-order valence-corrected chi connectivity index (χ2v) is 3.75. The summed E-state index contributed by atoms with van der Waals surface area (Å²) < 4.78 is 42.7. The molecule has 1 saturated heterocycles. The Morgan fingerprint density at radius 3 is 2.60 bits per heavy atom. The molecule has 5 heteroatoms. The molecular formula is C10H10BF3O. The highest BCUT2D eigenvalue weighted by molar-refractivity contribution is 6.50. The van der Waals surface area contributed by atoms with Crippen LogP contribution in [-0.2, 0) is 6.18 Å². The van der Waals surface area contributed by atoms with Crippen LogP contribution in [-0.4, -0.2) is 13.9 Å². The van der Waals surface area contributed by atoms with E-state index in [4.69, 9.17) is 4.74 Å². The summed E-state index contributed by atoms with van der Waals surface area (Å²) in [6.07, 6.45) is -3.27. The predicted molar refractivity (Wildman–Crippen MR) is 52.6 cm³/mol. The van der Waals surface area contributed by atoms with E-state index >= 15 is 0 Å². The molecule has 1 atom stereocenters. The molecule has 1 nitrogen and oxygen atoms in total. The molecule has 0 saturated carbocycles. The highest BCUT2D eigenvalue weighted by Gasteiger charge is 2.34. The Hall–Kier alpha value is -1.13. The molecular weight excluding hydrogens is 204 g/mol. The third-order valence-electron chi connectivity index (χ3n) is 2.36. The minimum atomic E-state index is -4.33. The second kappa shape index (κ2) is 3.79. The van der Waals surface area contributed by atoms with Gasteiger partial charge in [-0.15, -0.1) is 0 Å². The zero-order valence-corrected chi connectivity index (χ0v) is 8.05. The lowest BCUT2D eigenvalue weighted by Gasteiger charge is -2.13. The van der Waals surface area contributed by atoms with Gasteiger partial charge in [0.25, 0.3) is 0 Å². The van der Waals surface area contributed by atoms with Gasteiger partial charge in [-0.3, -0.25) is 0 Å². The molecule has 2 rings (SSSR count). The SMILES string of the molecule is FC(F)(F)c1ccccc1OCC1BC1. The van der Waals surface area contributed by atoms with Gasteiger partial charge in [0.2, 0.25) is 0 Å². The molecule has 1 aliphatic rings. The van der Waals surface area contributed by atoms with Gasteiger partial charge >= 0.3 is 6.18 Å². The number of hydrogen-bond acceptors (Lipinski definition) is 1. The van der Waals surface area contributed by atoms with E-state index < -0.39 is 11.7 Å². The Morgan fingerprint density at radius 1 is 1.33 bits per heavy atom. The molecule has 0 amide bonds. The van der Waals surface area contributed by atoms with E-state index in [2.05, 4.69) is 0 Å². The lowest BCUT2D eigenvalue weighted by Crippen LogP contribution is -2.09. The summed E-state index contributed by atoms with van der Waals surface area (Å²) in [6, 6.07) is 5.33. The van der Waals surface area contributed by atoms with E-state index in [1.54, 1.807) is 6.07 Å². The quantitative estimate of drug-likeness (QED) is 0.702. The largest absolute Gasteiger partial charge is 0.493 e. The highest BCUT2D eigenvalue weighted by atomic mass is 19.4. The molecule has 1 aliphatic heterocycles. The molecule has 0 bridgehead atoms. The number of halogens is 3. The first-order valence-electron chi connectivity index (χ1n) is 4.86. The third-order valence-corrected chi connectivity index (χ3v) is 2.36. The van der Waals surface area contributed by atoms with Crippen LogP contribution in [0.15, 0.2) is 24.3 Å². The van der Waals surface area contributed by atoms with Gasteiger partial charge in [0, 0.05) is 0 Å². The van der Waals surface area contributed by atoms with Crippen molar-refractivity contribution in [3.8, 4) is 5.75 Å². The van der Waals surface area contributed by atoms with Gasteiger partial charge in [0.15, 0.2) is 0 Å². The van der Waals surface area contributed by atoms with Crippen molar-refractivity contribution in [1.29, 1.82) is 0 Å². The number of rotatable bonds is 3. The van der Waals surface area contributed by atoms with Crippen molar-refractivity contribution >= 4 is 7.28 Å². The van der Waals surface area contributed by atoms with Crippen molar-refractivity contribution in [3.05, 3.63) is 29.8 Å². The van der Waals surface area contributed by atoms with E-state index in [1.807, 2.05) is 0 Å². The standard InChI is InChI=1S/C10H10BF3O/c12-10(13,14)8-3-1-2-4-9(8)15-6-7-5-11-7/h1-4,7,11H,5-6H2. The fourth-order valence-corrected chi connectivity index (χ4v) is 1.32. The maximum absolute atomic E-state index is 12.5. The monoisotopic (exact) mass is 214 g/mol. The highest BCUT2D eigenvalue weighted by Crippen LogP contribution is 2.37. The van der Waals surface area contributed by atoms with Crippen molar-refractivity contribution in [2.75, 3.05) is 6.61 Å². The Bertz CT molecular complexity index is 347. The van der Waals surface area contributed by atoms with Gasteiger partial charge in [0.05, 0.1) is 12.2 Å². The maximum atomic E-state index is 12.5. The van der Waals surface area contributed by atoms with Crippen LogP contribution in [0.4, 0.5) is 13.2 Å². The summed E-state index contributed by atoms with van der Waals surface area (Å²) in [5.74, 6) is 0.392. The Labute approximate surface area is 86.5 Å². The topological polar surface area (TPSA) is 9.23 Å². The molecule has 0 radical (unpaired) electrons. The predicted octanol–water partition coefficient (Wildman–Crippen LogP) is 2.74. The lowest BCUT2D eigenvalue weighted by molar-refractivity contribution is -0.138. The first-order chi connectivity index (χ1) is 7.07. The van der Waals surface area contributed by atoms with Gasteiger partial charge < -0.3 is 4.74 Å². The van der Waals surface area contributed by atoms with Crippen molar-refractivity contribution in [2.24, 2.45) is 0 Å². The maximum Gasteiger partial charge on any atom is 0.419 e. The normalized spacial score (nSPS) is 19.5. The zero-order valence-electron chi connectivity index (χ0n) is 8.05. The van der Waals surface area contributed by atoms with Gasteiger partial charge in [-0.05, 0) is 17.9 Å². The average Bonchev–Trinajstić information content (AvgIpc) is 2.97. The molecule has 1 heterocycles. The van der Waals surface area contributed by atoms with Crippen LogP contribution in [0.3, 0.4) is 0 Å². The van der Waals surface area contributed by atoms with Crippen molar-refractivity contribution in [1.82, 2.24) is 0 Å². The van der Waals surface area contributed by atoms with E-state index in [1.165, 1.54) is 12.1 Å². The molecule has 0 N–H and O–H groups in total. The molecule has 0 aliphatic carbocycles. The second-order valence-electron chi connectivity index (χ2n) is 3.75. The summed E-state index contributed by atoms with van der Waals surface area (Å²) >= 11 is 0. The number of alkyl halides is 3. The molecule has 1 aromatic carbocycles.